The molecule has 0 atom stereocenters. The van der Waals surface area contributed by atoms with Gasteiger partial charge in [0.15, 0.2) is 5.78 Å². The fourth-order valence-corrected chi connectivity index (χ4v) is 3.72. The molecule has 1 aromatic rings. The van der Waals surface area contributed by atoms with E-state index in [1.165, 1.54) is 31.4 Å². The van der Waals surface area contributed by atoms with Crippen molar-refractivity contribution < 1.29 is 13.6 Å². The fraction of sp³-hybridized carbons (Fsp3) is 0.650. The van der Waals surface area contributed by atoms with E-state index >= 15 is 0 Å². The highest BCUT2D eigenvalue weighted by molar-refractivity contribution is 5.96. The molecule has 128 valence electrons. The molecular weight excluding hydrogens is 294 g/mol. The van der Waals surface area contributed by atoms with Crippen LogP contribution in [0.15, 0.2) is 12.1 Å². The molecule has 0 saturated heterocycles. The third-order valence-electron chi connectivity index (χ3n) is 5.10. The molecule has 1 aliphatic rings. The normalized spacial score (nSPS) is 21.4. The van der Waals surface area contributed by atoms with Gasteiger partial charge in [0.05, 0.1) is 5.56 Å². The van der Waals surface area contributed by atoms with Gasteiger partial charge in [-0.15, -0.1) is 0 Å². The monoisotopic (exact) mass is 322 g/mol. The van der Waals surface area contributed by atoms with Gasteiger partial charge in [-0.3, -0.25) is 4.79 Å². The molecule has 3 heteroatoms. The first kappa shape index (κ1) is 18.1. The molecule has 0 amide bonds. The first-order valence-electron chi connectivity index (χ1n) is 9.08. The van der Waals surface area contributed by atoms with E-state index in [1.807, 2.05) is 6.92 Å². The lowest BCUT2D eigenvalue weighted by molar-refractivity contribution is 0.0973. The molecule has 2 rings (SSSR count). The lowest BCUT2D eigenvalue weighted by Gasteiger charge is -2.29. The van der Waals surface area contributed by atoms with Gasteiger partial charge in [0.1, 0.15) is 11.6 Å². The summed E-state index contributed by atoms with van der Waals surface area (Å²) in [5.41, 5.74) is 0.370. The first-order valence-corrected chi connectivity index (χ1v) is 9.08. The number of ketones is 1. The number of hydrogen-bond donors (Lipinski definition) is 0. The number of benzene rings is 1. The quantitative estimate of drug-likeness (QED) is 0.530. The molecule has 1 aromatic carbocycles. The Labute approximate surface area is 138 Å². The van der Waals surface area contributed by atoms with Gasteiger partial charge in [0.2, 0.25) is 0 Å². The Kier molecular flexibility index (Phi) is 6.73. The average Bonchev–Trinajstić information content (AvgIpc) is 2.53. The van der Waals surface area contributed by atoms with Crippen molar-refractivity contribution in [3.63, 3.8) is 0 Å². The second-order valence-electron chi connectivity index (χ2n) is 6.89. The Morgan fingerprint density at radius 1 is 1.04 bits per heavy atom. The van der Waals surface area contributed by atoms with Gasteiger partial charge >= 0.3 is 0 Å². The van der Waals surface area contributed by atoms with Crippen molar-refractivity contribution in [1.82, 2.24) is 0 Å². The second kappa shape index (κ2) is 8.56. The summed E-state index contributed by atoms with van der Waals surface area (Å²) in [6.45, 7) is 4.04. The SMILES string of the molecule is CCCC[C@H]1CC[C@H](c2cc(F)c(C(=O)CCC)c(F)c2)CC1. The van der Waals surface area contributed by atoms with Gasteiger partial charge in [-0.05, 0) is 61.6 Å². The van der Waals surface area contributed by atoms with Gasteiger partial charge < -0.3 is 0 Å². The van der Waals surface area contributed by atoms with E-state index in [1.54, 1.807) is 0 Å². The van der Waals surface area contributed by atoms with Gasteiger partial charge in [0.25, 0.3) is 0 Å². The molecule has 0 spiro atoms. The minimum Gasteiger partial charge on any atom is -0.294 e. The maximum atomic E-state index is 14.2. The molecule has 0 bridgehead atoms. The van der Waals surface area contributed by atoms with Crippen LogP contribution in [0.25, 0.3) is 0 Å². The first-order chi connectivity index (χ1) is 11.1. The maximum absolute atomic E-state index is 14.2. The Balaban J connectivity index is 2.06. The molecule has 1 fully saturated rings. The van der Waals surface area contributed by atoms with Gasteiger partial charge in [-0.1, -0.05) is 33.1 Å². The van der Waals surface area contributed by atoms with Crippen LogP contribution in [-0.2, 0) is 0 Å². The predicted molar refractivity (Wildman–Crippen MR) is 89.8 cm³/mol. The van der Waals surface area contributed by atoms with E-state index in [2.05, 4.69) is 6.92 Å². The molecule has 0 heterocycles. The Bertz CT molecular complexity index is 507. The summed E-state index contributed by atoms with van der Waals surface area (Å²) < 4.78 is 28.4. The predicted octanol–water partition coefficient (Wildman–Crippen LogP) is 6.41. The molecule has 1 saturated carbocycles. The molecule has 0 aromatic heterocycles. The number of hydrogen-bond acceptors (Lipinski definition) is 1. The highest BCUT2D eigenvalue weighted by Gasteiger charge is 2.25. The topological polar surface area (TPSA) is 17.1 Å². The number of carbonyl (C=O) groups is 1. The van der Waals surface area contributed by atoms with Crippen LogP contribution in [0.1, 0.15) is 93.5 Å². The van der Waals surface area contributed by atoms with Gasteiger partial charge in [0, 0.05) is 6.42 Å². The minimum absolute atomic E-state index is 0.190. The number of unbranched alkanes of at least 4 members (excludes halogenated alkanes) is 1. The van der Waals surface area contributed by atoms with E-state index in [0.29, 0.717) is 6.42 Å². The number of Topliss-reactive ketones (excluding diaryl/α,β-unsaturated/α-hetero) is 1. The van der Waals surface area contributed by atoms with Crippen LogP contribution in [-0.4, -0.2) is 5.78 Å². The largest absolute Gasteiger partial charge is 0.294 e. The zero-order valence-electron chi connectivity index (χ0n) is 14.3. The van der Waals surface area contributed by atoms with Crippen LogP contribution >= 0.6 is 0 Å². The second-order valence-corrected chi connectivity index (χ2v) is 6.89. The molecule has 0 unspecified atom stereocenters. The van der Waals surface area contributed by atoms with Crippen LogP contribution in [0.5, 0.6) is 0 Å². The van der Waals surface area contributed by atoms with Crippen LogP contribution < -0.4 is 0 Å². The van der Waals surface area contributed by atoms with Crippen LogP contribution in [0, 0.1) is 17.6 Å². The van der Waals surface area contributed by atoms with Crippen molar-refractivity contribution >= 4 is 5.78 Å². The Hall–Kier alpha value is -1.25. The third kappa shape index (κ3) is 4.62. The summed E-state index contributed by atoms with van der Waals surface area (Å²) in [5.74, 6) is -0.811. The highest BCUT2D eigenvalue weighted by Crippen LogP contribution is 2.38. The molecule has 0 aliphatic heterocycles. The maximum Gasteiger partial charge on any atom is 0.168 e. The van der Waals surface area contributed by atoms with E-state index in [-0.39, 0.29) is 17.9 Å². The van der Waals surface area contributed by atoms with Crippen molar-refractivity contribution in [3.8, 4) is 0 Å². The third-order valence-corrected chi connectivity index (χ3v) is 5.10. The Morgan fingerprint density at radius 3 is 2.17 bits per heavy atom. The van der Waals surface area contributed by atoms with Crippen molar-refractivity contribution in [2.75, 3.05) is 0 Å². The van der Waals surface area contributed by atoms with E-state index in [9.17, 15) is 13.6 Å². The van der Waals surface area contributed by atoms with E-state index < -0.39 is 17.4 Å². The molecule has 0 N–H and O–H groups in total. The van der Waals surface area contributed by atoms with Crippen LogP contribution in [0.3, 0.4) is 0 Å². The van der Waals surface area contributed by atoms with Crippen molar-refractivity contribution in [1.29, 1.82) is 0 Å². The summed E-state index contributed by atoms with van der Waals surface area (Å²) >= 11 is 0. The summed E-state index contributed by atoms with van der Waals surface area (Å²) in [4.78, 5) is 11.8. The van der Waals surface area contributed by atoms with Crippen LogP contribution in [0.2, 0.25) is 0 Å². The fourth-order valence-electron chi connectivity index (χ4n) is 3.72. The lowest BCUT2D eigenvalue weighted by atomic mass is 9.77. The molecule has 23 heavy (non-hydrogen) atoms. The molecule has 1 nitrogen and oxygen atoms in total. The summed E-state index contributed by atoms with van der Waals surface area (Å²) in [5, 5.41) is 0. The zero-order valence-corrected chi connectivity index (χ0v) is 14.3. The van der Waals surface area contributed by atoms with E-state index in [4.69, 9.17) is 0 Å². The summed E-state index contributed by atoms with van der Waals surface area (Å²) in [7, 11) is 0. The number of halogens is 2. The van der Waals surface area contributed by atoms with E-state index in [0.717, 1.165) is 37.2 Å². The molecule has 1 aliphatic carbocycles. The standard InChI is InChI=1S/C20H28F2O/c1-3-5-7-14-8-10-15(11-9-14)16-12-17(21)20(18(22)13-16)19(23)6-4-2/h12-15H,3-11H2,1-2H3/t14-,15-. The number of carbonyl (C=O) groups excluding carboxylic acids is 1. The van der Waals surface area contributed by atoms with Gasteiger partial charge in [-0.2, -0.15) is 0 Å². The van der Waals surface area contributed by atoms with Crippen molar-refractivity contribution in [2.24, 2.45) is 5.92 Å². The average molecular weight is 322 g/mol. The van der Waals surface area contributed by atoms with Gasteiger partial charge in [-0.25, -0.2) is 8.78 Å². The smallest absolute Gasteiger partial charge is 0.168 e. The lowest BCUT2D eigenvalue weighted by Crippen LogP contribution is -2.15. The molecule has 0 radical (unpaired) electrons. The molecular formula is C20H28F2O. The highest BCUT2D eigenvalue weighted by atomic mass is 19.1. The van der Waals surface area contributed by atoms with Crippen LogP contribution in [0.4, 0.5) is 8.78 Å². The van der Waals surface area contributed by atoms with Crippen molar-refractivity contribution in [3.05, 3.63) is 34.9 Å². The van der Waals surface area contributed by atoms with Crippen molar-refractivity contribution in [2.45, 2.75) is 77.6 Å². The number of rotatable bonds is 7. The summed E-state index contributed by atoms with van der Waals surface area (Å²) in [6, 6.07) is 2.78. The minimum atomic E-state index is -0.688. The zero-order chi connectivity index (χ0) is 16.8. The summed E-state index contributed by atoms with van der Waals surface area (Å²) in [6.07, 6.45) is 8.84. The Morgan fingerprint density at radius 2 is 1.65 bits per heavy atom.